The molecule has 7 heteroatoms. The van der Waals surface area contributed by atoms with Gasteiger partial charge in [-0.15, -0.1) is 0 Å². The summed E-state index contributed by atoms with van der Waals surface area (Å²) in [4.78, 5) is 9.06. The number of nitrogens with zero attached hydrogens (tertiary/aromatic N) is 2. The van der Waals surface area contributed by atoms with Crippen LogP contribution in [0.15, 0.2) is 54.7 Å². The maximum absolute atomic E-state index is 13.4. The first kappa shape index (κ1) is 20.6. The van der Waals surface area contributed by atoms with Gasteiger partial charge >= 0.3 is 0 Å². The summed E-state index contributed by atoms with van der Waals surface area (Å²) in [5.74, 6) is 1.17. The second-order valence-corrected chi connectivity index (χ2v) is 8.00. The summed E-state index contributed by atoms with van der Waals surface area (Å²) >= 11 is 6.41. The van der Waals surface area contributed by atoms with E-state index in [0.29, 0.717) is 23.4 Å². The van der Waals surface area contributed by atoms with E-state index in [1.54, 1.807) is 12.3 Å². The van der Waals surface area contributed by atoms with E-state index >= 15 is 0 Å². The van der Waals surface area contributed by atoms with Gasteiger partial charge in [-0.3, -0.25) is 0 Å². The summed E-state index contributed by atoms with van der Waals surface area (Å²) in [6.45, 7) is 0.471. The van der Waals surface area contributed by atoms with E-state index < -0.39 is 0 Å². The molecule has 0 amide bonds. The summed E-state index contributed by atoms with van der Waals surface area (Å²) < 4.78 is 13.4. The van der Waals surface area contributed by atoms with E-state index in [4.69, 9.17) is 11.6 Å². The van der Waals surface area contributed by atoms with Gasteiger partial charge in [-0.1, -0.05) is 29.8 Å². The molecule has 3 N–H and O–H groups in total. The van der Waals surface area contributed by atoms with Crippen LogP contribution in [-0.4, -0.2) is 27.2 Å². The second-order valence-electron chi connectivity index (χ2n) is 7.59. The summed E-state index contributed by atoms with van der Waals surface area (Å²) in [6.07, 6.45) is 4.88. The summed E-state index contributed by atoms with van der Waals surface area (Å²) in [7, 11) is 0. The maximum Gasteiger partial charge on any atom is 0.126 e. The lowest BCUT2D eigenvalue weighted by atomic mass is 9.93. The van der Waals surface area contributed by atoms with Crippen LogP contribution in [-0.2, 0) is 6.54 Å². The minimum atomic E-state index is -0.257. The fourth-order valence-electron chi connectivity index (χ4n) is 3.67. The largest absolute Gasteiger partial charge is 0.393 e. The van der Waals surface area contributed by atoms with Crippen LogP contribution < -0.4 is 10.6 Å². The summed E-state index contributed by atoms with van der Waals surface area (Å²) in [5, 5.41) is 16.9. The van der Waals surface area contributed by atoms with E-state index in [1.807, 2.05) is 30.3 Å². The van der Waals surface area contributed by atoms with Crippen molar-refractivity contribution in [3.05, 3.63) is 71.1 Å². The Balaban J connectivity index is 1.48. The Morgan fingerprint density at radius 1 is 1.03 bits per heavy atom. The number of aromatic nitrogens is 2. The van der Waals surface area contributed by atoms with Crippen LogP contribution in [0.1, 0.15) is 31.2 Å². The lowest BCUT2D eigenvalue weighted by molar-refractivity contribution is 0.126. The third kappa shape index (κ3) is 5.26. The van der Waals surface area contributed by atoms with Gasteiger partial charge in [0, 0.05) is 24.3 Å². The van der Waals surface area contributed by atoms with Gasteiger partial charge in [0.2, 0.25) is 0 Å². The molecule has 4 rings (SSSR count). The monoisotopic (exact) mass is 426 g/mol. The van der Waals surface area contributed by atoms with Gasteiger partial charge in [0.15, 0.2) is 0 Å². The highest BCUT2D eigenvalue weighted by Gasteiger charge is 2.20. The topological polar surface area (TPSA) is 70.1 Å². The van der Waals surface area contributed by atoms with Crippen molar-refractivity contribution in [2.45, 2.75) is 44.4 Å². The zero-order chi connectivity index (χ0) is 20.9. The maximum atomic E-state index is 13.4. The van der Waals surface area contributed by atoms with Crippen molar-refractivity contribution in [3.63, 3.8) is 0 Å². The minimum absolute atomic E-state index is 0.191. The highest BCUT2D eigenvalue weighted by Crippen LogP contribution is 2.30. The average molecular weight is 427 g/mol. The molecule has 0 bridgehead atoms. The molecule has 0 radical (unpaired) electrons. The molecule has 30 heavy (non-hydrogen) atoms. The highest BCUT2D eigenvalue weighted by molar-refractivity contribution is 6.33. The van der Waals surface area contributed by atoms with Gasteiger partial charge in [0.1, 0.15) is 17.5 Å². The molecule has 1 aromatic carbocycles. The van der Waals surface area contributed by atoms with E-state index in [0.717, 1.165) is 48.3 Å². The third-order valence-corrected chi connectivity index (χ3v) is 5.59. The van der Waals surface area contributed by atoms with Gasteiger partial charge in [-0.25, -0.2) is 14.4 Å². The molecule has 0 aliphatic heterocycles. The van der Waals surface area contributed by atoms with E-state index in [-0.39, 0.29) is 11.9 Å². The van der Waals surface area contributed by atoms with E-state index in [1.165, 1.54) is 12.1 Å². The van der Waals surface area contributed by atoms with Gasteiger partial charge in [0.25, 0.3) is 0 Å². The number of rotatable bonds is 6. The number of nitrogens with one attached hydrogen (secondary N) is 2. The molecule has 3 aromatic rings. The predicted molar refractivity (Wildman–Crippen MR) is 118 cm³/mol. The van der Waals surface area contributed by atoms with Gasteiger partial charge < -0.3 is 15.7 Å². The SMILES string of the molecule is O[C@H]1CC[C@H](Nc2cc(-c3cccc(NCc4cccc(F)c4)n3)c(Cl)cn2)CC1. The summed E-state index contributed by atoms with van der Waals surface area (Å²) in [6, 6.07) is 14.3. The first-order valence-electron chi connectivity index (χ1n) is 10.1. The molecule has 156 valence electrons. The quantitative estimate of drug-likeness (QED) is 0.501. The molecule has 0 unspecified atom stereocenters. The van der Waals surface area contributed by atoms with Gasteiger partial charge in [-0.2, -0.15) is 0 Å². The standard InChI is InChI=1S/C23H24ClFN4O/c24-20-14-27-23(28-17-7-9-18(30)10-8-17)12-19(20)21-5-2-6-22(29-21)26-13-15-3-1-4-16(25)11-15/h1-6,11-12,14,17-18,30H,7-10,13H2,(H,26,29)(H,27,28)/t17-,18-. The van der Waals surface area contributed by atoms with Crippen LogP contribution >= 0.6 is 11.6 Å². The first-order chi connectivity index (χ1) is 14.6. The van der Waals surface area contributed by atoms with Crippen molar-refractivity contribution in [2.24, 2.45) is 0 Å². The molecule has 1 aliphatic rings. The number of benzene rings is 1. The Hall–Kier alpha value is -2.70. The molecule has 1 aliphatic carbocycles. The molecule has 0 saturated heterocycles. The zero-order valence-corrected chi connectivity index (χ0v) is 17.2. The molecule has 0 spiro atoms. The smallest absolute Gasteiger partial charge is 0.126 e. The lowest BCUT2D eigenvalue weighted by Gasteiger charge is -2.26. The molecule has 1 saturated carbocycles. The zero-order valence-electron chi connectivity index (χ0n) is 16.5. The average Bonchev–Trinajstić information content (AvgIpc) is 2.75. The van der Waals surface area contributed by atoms with Gasteiger partial charge in [-0.05, 0) is 61.6 Å². The highest BCUT2D eigenvalue weighted by atomic mass is 35.5. The number of hydrogen-bond acceptors (Lipinski definition) is 5. The molecule has 2 aromatic heterocycles. The van der Waals surface area contributed by atoms with Crippen molar-refractivity contribution in [3.8, 4) is 11.3 Å². The summed E-state index contributed by atoms with van der Waals surface area (Å²) in [5.41, 5.74) is 2.36. The lowest BCUT2D eigenvalue weighted by Crippen LogP contribution is -2.28. The molecular formula is C23H24ClFN4O. The van der Waals surface area contributed by atoms with Crippen molar-refractivity contribution >= 4 is 23.2 Å². The molecular weight excluding hydrogens is 403 g/mol. The Morgan fingerprint density at radius 3 is 2.63 bits per heavy atom. The molecule has 1 fully saturated rings. The Labute approximate surface area is 180 Å². The van der Waals surface area contributed by atoms with Crippen LogP contribution in [0.2, 0.25) is 5.02 Å². The van der Waals surface area contributed by atoms with Crippen molar-refractivity contribution in [2.75, 3.05) is 10.6 Å². The Morgan fingerprint density at radius 2 is 1.83 bits per heavy atom. The Bertz CT molecular complexity index is 1010. The van der Waals surface area contributed by atoms with Crippen molar-refractivity contribution in [1.29, 1.82) is 0 Å². The number of aliphatic hydroxyl groups is 1. The molecule has 5 nitrogen and oxygen atoms in total. The minimum Gasteiger partial charge on any atom is -0.393 e. The van der Waals surface area contributed by atoms with E-state index in [9.17, 15) is 9.50 Å². The van der Waals surface area contributed by atoms with Gasteiger partial charge in [0.05, 0.1) is 16.8 Å². The molecule has 0 atom stereocenters. The predicted octanol–water partition coefficient (Wildman–Crippen LogP) is 5.26. The normalized spacial score (nSPS) is 18.8. The number of halogens is 2. The third-order valence-electron chi connectivity index (χ3n) is 5.29. The van der Waals surface area contributed by atoms with Crippen LogP contribution in [0.25, 0.3) is 11.3 Å². The first-order valence-corrected chi connectivity index (χ1v) is 10.5. The molecule has 2 heterocycles. The fraction of sp³-hybridized carbons (Fsp3) is 0.304. The van der Waals surface area contributed by atoms with Crippen LogP contribution in [0, 0.1) is 5.82 Å². The van der Waals surface area contributed by atoms with Crippen molar-refractivity contribution < 1.29 is 9.50 Å². The number of anilines is 2. The second kappa shape index (κ2) is 9.41. The van der Waals surface area contributed by atoms with Crippen LogP contribution in [0.3, 0.4) is 0 Å². The number of hydrogen-bond donors (Lipinski definition) is 3. The van der Waals surface area contributed by atoms with E-state index in [2.05, 4.69) is 20.6 Å². The fourth-order valence-corrected chi connectivity index (χ4v) is 3.87. The number of pyridine rings is 2. The van der Waals surface area contributed by atoms with Crippen LogP contribution in [0.5, 0.6) is 0 Å². The number of aliphatic hydroxyl groups excluding tert-OH is 1. The Kier molecular flexibility index (Phi) is 6.45. The van der Waals surface area contributed by atoms with Crippen molar-refractivity contribution in [1.82, 2.24) is 9.97 Å². The van der Waals surface area contributed by atoms with Crippen LogP contribution in [0.4, 0.5) is 16.0 Å².